The minimum Gasteiger partial charge on any atom is -0.326 e. The van der Waals surface area contributed by atoms with Crippen molar-refractivity contribution < 1.29 is 4.79 Å². The first-order chi connectivity index (χ1) is 8.17. The molecule has 3 nitrogen and oxygen atoms in total. The van der Waals surface area contributed by atoms with Crippen LogP contribution in [0.5, 0.6) is 0 Å². The quantitative estimate of drug-likeness (QED) is 0.816. The van der Waals surface area contributed by atoms with Crippen LogP contribution in [0.3, 0.4) is 0 Å². The second kappa shape index (κ2) is 7.35. The highest BCUT2D eigenvalue weighted by atomic mass is 32.2. The fourth-order valence-corrected chi connectivity index (χ4v) is 2.21. The van der Waals surface area contributed by atoms with E-state index in [2.05, 4.69) is 10.6 Å². The Morgan fingerprint density at radius 3 is 2.88 bits per heavy atom. The molecule has 0 aromatic heterocycles. The van der Waals surface area contributed by atoms with Crippen molar-refractivity contribution in [2.75, 3.05) is 24.4 Å². The minimum atomic E-state index is 0.0398. The Morgan fingerprint density at radius 1 is 1.47 bits per heavy atom. The van der Waals surface area contributed by atoms with Gasteiger partial charge >= 0.3 is 0 Å². The van der Waals surface area contributed by atoms with Crippen molar-refractivity contribution in [3.05, 3.63) is 29.8 Å². The van der Waals surface area contributed by atoms with Crippen LogP contribution in [-0.4, -0.2) is 25.0 Å². The van der Waals surface area contributed by atoms with Gasteiger partial charge in [0.15, 0.2) is 0 Å². The third kappa shape index (κ3) is 4.79. The van der Waals surface area contributed by atoms with Gasteiger partial charge in [0.1, 0.15) is 0 Å². The van der Waals surface area contributed by atoms with E-state index in [1.165, 1.54) is 5.56 Å². The first-order valence-corrected chi connectivity index (χ1v) is 7.10. The van der Waals surface area contributed by atoms with Crippen LogP contribution in [0.25, 0.3) is 0 Å². The Hall–Kier alpha value is -1.00. The van der Waals surface area contributed by atoms with Gasteiger partial charge in [-0.15, -0.1) is 0 Å². The van der Waals surface area contributed by atoms with Crippen LogP contribution >= 0.6 is 11.8 Å². The molecule has 1 unspecified atom stereocenters. The summed E-state index contributed by atoms with van der Waals surface area (Å²) in [7, 11) is 1.91. The fourth-order valence-electron chi connectivity index (χ4n) is 1.55. The summed E-state index contributed by atoms with van der Waals surface area (Å²) < 4.78 is 0. The summed E-state index contributed by atoms with van der Waals surface area (Å²) in [6.07, 6.45) is 2.01. The molecule has 0 fully saturated rings. The molecule has 0 aliphatic heterocycles. The standard InChI is InChI=1S/C13H20N2OS/c1-10(9-17-3)13(16)15-12-6-4-5-11(7-12)8-14-2/h4-7,10,14H,8-9H2,1-3H3,(H,15,16). The Kier molecular flexibility index (Phi) is 6.08. The molecule has 0 spiro atoms. The molecule has 2 N–H and O–H groups in total. The molecule has 0 radical (unpaired) electrons. The molecule has 1 aromatic carbocycles. The van der Waals surface area contributed by atoms with E-state index in [4.69, 9.17) is 0 Å². The molecule has 94 valence electrons. The average molecular weight is 252 g/mol. The maximum atomic E-state index is 11.8. The lowest BCUT2D eigenvalue weighted by Crippen LogP contribution is -2.22. The Balaban J connectivity index is 2.61. The van der Waals surface area contributed by atoms with E-state index in [0.29, 0.717) is 0 Å². The number of rotatable bonds is 6. The van der Waals surface area contributed by atoms with Crippen molar-refractivity contribution in [3.8, 4) is 0 Å². The highest BCUT2D eigenvalue weighted by Crippen LogP contribution is 2.13. The van der Waals surface area contributed by atoms with Gasteiger partial charge in [-0.3, -0.25) is 4.79 Å². The van der Waals surface area contributed by atoms with Gasteiger partial charge in [-0.25, -0.2) is 0 Å². The number of carbonyl (C=O) groups excluding carboxylic acids is 1. The number of thioether (sulfide) groups is 1. The summed E-state index contributed by atoms with van der Waals surface area (Å²) >= 11 is 1.69. The summed E-state index contributed by atoms with van der Waals surface area (Å²) in [4.78, 5) is 11.8. The van der Waals surface area contributed by atoms with Crippen molar-refractivity contribution in [1.82, 2.24) is 5.32 Å². The van der Waals surface area contributed by atoms with Crippen LogP contribution in [0.4, 0.5) is 5.69 Å². The molecule has 0 aliphatic rings. The Bertz CT molecular complexity index is 368. The van der Waals surface area contributed by atoms with E-state index < -0.39 is 0 Å². The van der Waals surface area contributed by atoms with E-state index in [1.807, 2.05) is 44.5 Å². The van der Waals surface area contributed by atoms with Gasteiger partial charge in [0, 0.05) is 23.9 Å². The van der Waals surface area contributed by atoms with Crippen molar-refractivity contribution >= 4 is 23.4 Å². The first kappa shape index (κ1) is 14.1. The fraction of sp³-hybridized carbons (Fsp3) is 0.462. The van der Waals surface area contributed by atoms with Crippen LogP contribution in [0.1, 0.15) is 12.5 Å². The Morgan fingerprint density at radius 2 is 2.24 bits per heavy atom. The third-order valence-corrected chi connectivity index (χ3v) is 3.27. The average Bonchev–Trinajstić information content (AvgIpc) is 2.30. The molecule has 1 atom stereocenters. The molecule has 0 saturated carbocycles. The number of anilines is 1. The highest BCUT2D eigenvalue weighted by molar-refractivity contribution is 7.98. The van der Waals surface area contributed by atoms with Crippen LogP contribution < -0.4 is 10.6 Å². The maximum absolute atomic E-state index is 11.8. The van der Waals surface area contributed by atoms with Gasteiger partial charge in [-0.1, -0.05) is 19.1 Å². The van der Waals surface area contributed by atoms with Crippen molar-refractivity contribution in [2.24, 2.45) is 5.92 Å². The normalized spacial score (nSPS) is 12.2. The molecule has 1 amide bonds. The summed E-state index contributed by atoms with van der Waals surface area (Å²) in [6, 6.07) is 7.92. The van der Waals surface area contributed by atoms with E-state index in [1.54, 1.807) is 11.8 Å². The minimum absolute atomic E-state index is 0.0398. The number of carbonyl (C=O) groups is 1. The summed E-state index contributed by atoms with van der Waals surface area (Å²) in [5, 5.41) is 6.04. The van der Waals surface area contributed by atoms with Gasteiger partial charge in [0.25, 0.3) is 0 Å². The molecule has 0 heterocycles. The molecule has 0 bridgehead atoms. The molecule has 1 aromatic rings. The van der Waals surface area contributed by atoms with E-state index in [0.717, 1.165) is 18.0 Å². The van der Waals surface area contributed by atoms with Crippen LogP contribution in [0, 0.1) is 5.92 Å². The van der Waals surface area contributed by atoms with Crippen LogP contribution in [-0.2, 0) is 11.3 Å². The third-order valence-electron chi connectivity index (χ3n) is 2.44. The smallest absolute Gasteiger partial charge is 0.228 e. The lowest BCUT2D eigenvalue weighted by atomic mass is 10.1. The predicted molar refractivity (Wildman–Crippen MR) is 75.4 cm³/mol. The molecule has 0 aliphatic carbocycles. The molecule has 4 heteroatoms. The van der Waals surface area contributed by atoms with Crippen molar-refractivity contribution in [1.29, 1.82) is 0 Å². The number of hydrogen-bond acceptors (Lipinski definition) is 3. The zero-order valence-electron chi connectivity index (χ0n) is 10.6. The molecule has 17 heavy (non-hydrogen) atoms. The van der Waals surface area contributed by atoms with Gasteiger partial charge in [-0.2, -0.15) is 11.8 Å². The monoisotopic (exact) mass is 252 g/mol. The van der Waals surface area contributed by atoms with Gasteiger partial charge in [0.05, 0.1) is 0 Å². The van der Waals surface area contributed by atoms with Gasteiger partial charge in [-0.05, 0) is 31.0 Å². The lowest BCUT2D eigenvalue weighted by Gasteiger charge is -2.11. The van der Waals surface area contributed by atoms with Crippen molar-refractivity contribution in [3.63, 3.8) is 0 Å². The van der Waals surface area contributed by atoms with Crippen molar-refractivity contribution in [2.45, 2.75) is 13.5 Å². The molecular formula is C13H20N2OS. The van der Waals surface area contributed by atoms with Gasteiger partial charge in [0.2, 0.25) is 5.91 Å². The summed E-state index contributed by atoms with van der Waals surface area (Å²) in [5.41, 5.74) is 2.04. The summed E-state index contributed by atoms with van der Waals surface area (Å²) in [5.74, 6) is 0.973. The number of amides is 1. The topological polar surface area (TPSA) is 41.1 Å². The van der Waals surface area contributed by atoms with Crippen LogP contribution in [0.2, 0.25) is 0 Å². The molecule has 0 saturated heterocycles. The Labute approximate surface area is 107 Å². The van der Waals surface area contributed by atoms with E-state index in [9.17, 15) is 4.79 Å². The zero-order chi connectivity index (χ0) is 12.7. The maximum Gasteiger partial charge on any atom is 0.228 e. The van der Waals surface area contributed by atoms with Gasteiger partial charge < -0.3 is 10.6 Å². The predicted octanol–water partition coefficient (Wildman–Crippen LogP) is 2.34. The number of benzene rings is 1. The summed E-state index contributed by atoms with van der Waals surface area (Å²) in [6.45, 7) is 2.76. The second-order valence-electron chi connectivity index (χ2n) is 4.08. The zero-order valence-corrected chi connectivity index (χ0v) is 11.4. The van der Waals surface area contributed by atoms with E-state index >= 15 is 0 Å². The molecule has 1 rings (SSSR count). The number of hydrogen-bond donors (Lipinski definition) is 2. The molecular weight excluding hydrogens is 232 g/mol. The van der Waals surface area contributed by atoms with E-state index in [-0.39, 0.29) is 11.8 Å². The SMILES string of the molecule is CNCc1cccc(NC(=O)C(C)CSC)c1. The second-order valence-corrected chi connectivity index (χ2v) is 4.99. The first-order valence-electron chi connectivity index (χ1n) is 5.70. The lowest BCUT2D eigenvalue weighted by molar-refractivity contribution is -0.118. The van der Waals surface area contributed by atoms with Crippen LogP contribution in [0.15, 0.2) is 24.3 Å². The highest BCUT2D eigenvalue weighted by Gasteiger charge is 2.12. The number of nitrogens with one attached hydrogen (secondary N) is 2. The largest absolute Gasteiger partial charge is 0.326 e.